The Kier molecular flexibility index (Phi) is 3.63. The summed E-state index contributed by atoms with van der Waals surface area (Å²) in [5.41, 5.74) is 8.61. The predicted octanol–water partition coefficient (Wildman–Crippen LogP) is 2.73. The maximum Gasteiger partial charge on any atom is 0.249 e. The molecule has 0 aliphatic heterocycles. The van der Waals surface area contributed by atoms with Gasteiger partial charge >= 0.3 is 0 Å². The van der Waals surface area contributed by atoms with E-state index < -0.39 is 5.91 Å². The molecule has 92 valence electrons. The van der Waals surface area contributed by atoms with Gasteiger partial charge in [0.25, 0.3) is 0 Å². The molecule has 0 fully saturated rings. The summed E-state index contributed by atoms with van der Waals surface area (Å²) in [7, 11) is 0. The van der Waals surface area contributed by atoms with Gasteiger partial charge in [0.1, 0.15) is 0 Å². The maximum atomic E-state index is 11.5. The first kappa shape index (κ1) is 12.6. The van der Waals surface area contributed by atoms with Gasteiger partial charge < -0.3 is 5.73 Å². The fourth-order valence-corrected chi connectivity index (χ4v) is 2.05. The van der Waals surface area contributed by atoms with Crippen molar-refractivity contribution in [2.45, 2.75) is 13.3 Å². The zero-order chi connectivity index (χ0) is 13.1. The third-order valence-corrected chi connectivity index (χ3v) is 2.99. The zero-order valence-electron chi connectivity index (χ0n) is 9.98. The monoisotopic (exact) mass is 260 g/mol. The largest absolute Gasteiger partial charge is 0.366 e. The molecule has 0 aliphatic carbocycles. The minimum absolute atomic E-state index is 0.405. The standard InChI is InChI=1S/C14H13ClN2O/c1-9-3-2-4-10(13(9)14(16)18)7-12-6-5-11(15)8-17-12/h2-6,8H,7H2,1H3,(H2,16,18). The second-order valence-electron chi connectivity index (χ2n) is 4.12. The Morgan fingerprint density at radius 2 is 2.11 bits per heavy atom. The summed E-state index contributed by atoms with van der Waals surface area (Å²) in [4.78, 5) is 15.7. The van der Waals surface area contributed by atoms with E-state index in [0.717, 1.165) is 16.8 Å². The van der Waals surface area contributed by atoms with Gasteiger partial charge in [-0.3, -0.25) is 9.78 Å². The third-order valence-electron chi connectivity index (χ3n) is 2.77. The number of carbonyl (C=O) groups excluding carboxylic acids is 1. The molecule has 1 heterocycles. The highest BCUT2D eigenvalue weighted by molar-refractivity contribution is 6.30. The highest BCUT2D eigenvalue weighted by Crippen LogP contribution is 2.17. The van der Waals surface area contributed by atoms with E-state index in [2.05, 4.69) is 4.98 Å². The second-order valence-corrected chi connectivity index (χ2v) is 4.55. The number of aromatic nitrogens is 1. The lowest BCUT2D eigenvalue weighted by atomic mass is 9.98. The van der Waals surface area contributed by atoms with Crippen LogP contribution in [0.25, 0.3) is 0 Å². The molecule has 2 rings (SSSR count). The summed E-state index contributed by atoms with van der Waals surface area (Å²) in [6, 6.07) is 9.30. The molecule has 4 heteroatoms. The number of rotatable bonds is 3. The number of carbonyl (C=O) groups is 1. The van der Waals surface area contributed by atoms with Gasteiger partial charge in [0.2, 0.25) is 5.91 Å². The van der Waals surface area contributed by atoms with Crippen molar-refractivity contribution in [3.05, 3.63) is 63.9 Å². The Labute approximate surface area is 111 Å². The van der Waals surface area contributed by atoms with Crippen molar-refractivity contribution in [1.29, 1.82) is 0 Å². The summed E-state index contributed by atoms with van der Waals surface area (Å²) in [6.07, 6.45) is 2.16. The molecule has 3 nitrogen and oxygen atoms in total. The van der Waals surface area contributed by atoms with Crippen molar-refractivity contribution in [3.8, 4) is 0 Å². The summed E-state index contributed by atoms with van der Waals surface area (Å²) in [6.45, 7) is 1.87. The van der Waals surface area contributed by atoms with E-state index in [4.69, 9.17) is 17.3 Å². The fraction of sp³-hybridized carbons (Fsp3) is 0.143. The normalized spacial score (nSPS) is 10.3. The minimum atomic E-state index is -0.405. The van der Waals surface area contributed by atoms with E-state index >= 15 is 0 Å². The number of nitrogens with zero attached hydrogens (tertiary/aromatic N) is 1. The first-order chi connectivity index (χ1) is 8.58. The van der Waals surface area contributed by atoms with Gasteiger partial charge in [0.05, 0.1) is 5.02 Å². The molecule has 18 heavy (non-hydrogen) atoms. The molecule has 2 aromatic rings. The average molecular weight is 261 g/mol. The van der Waals surface area contributed by atoms with Crippen LogP contribution < -0.4 is 5.73 Å². The number of nitrogens with two attached hydrogens (primary N) is 1. The third kappa shape index (κ3) is 2.68. The summed E-state index contributed by atoms with van der Waals surface area (Å²) >= 11 is 5.78. The van der Waals surface area contributed by atoms with Crippen LogP contribution in [0.1, 0.15) is 27.2 Å². The van der Waals surface area contributed by atoms with E-state index in [1.807, 2.05) is 31.2 Å². The van der Waals surface area contributed by atoms with Crippen molar-refractivity contribution < 1.29 is 4.79 Å². The van der Waals surface area contributed by atoms with Crippen LogP contribution in [0.2, 0.25) is 5.02 Å². The van der Waals surface area contributed by atoms with Crippen LogP contribution in [0.3, 0.4) is 0 Å². The number of hydrogen-bond donors (Lipinski definition) is 1. The molecule has 0 aliphatic rings. The molecule has 1 aromatic carbocycles. The van der Waals surface area contributed by atoms with Gasteiger partial charge in [-0.15, -0.1) is 0 Å². The molecule has 0 radical (unpaired) electrons. The highest BCUT2D eigenvalue weighted by atomic mass is 35.5. The van der Waals surface area contributed by atoms with E-state index in [9.17, 15) is 4.79 Å². The molecular formula is C14H13ClN2O. The molecule has 1 aromatic heterocycles. The number of primary amides is 1. The first-order valence-corrected chi connectivity index (χ1v) is 5.94. The lowest BCUT2D eigenvalue weighted by molar-refractivity contribution is 0.0999. The Bertz CT molecular complexity index is 579. The molecule has 1 amide bonds. The van der Waals surface area contributed by atoms with Crippen molar-refractivity contribution >= 4 is 17.5 Å². The van der Waals surface area contributed by atoms with Crippen molar-refractivity contribution in [2.24, 2.45) is 5.73 Å². The number of pyridine rings is 1. The molecule has 0 saturated heterocycles. The molecule has 0 atom stereocenters. The van der Waals surface area contributed by atoms with Gasteiger partial charge in [-0.2, -0.15) is 0 Å². The number of halogens is 1. The summed E-state index contributed by atoms with van der Waals surface area (Å²) in [5.74, 6) is -0.405. The summed E-state index contributed by atoms with van der Waals surface area (Å²) in [5, 5.41) is 0.595. The Hall–Kier alpha value is -1.87. The highest BCUT2D eigenvalue weighted by Gasteiger charge is 2.11. The Morgan fingerprint density at radius 3 is 2.72 bits per heavy atom. The van der Waals surface area contributed by atoms with Crippen LogP contribution in [0.15, 0.2) is 36.5 Å². The minimum Gasteiger partial charge on any atom is -0.366 e. The Morgan fingerprint density at radius 1 is 1.33 bits per heavy atom. The molecule has 2 N–H and O–H groups in total. The molecule has 0 bridgehead atoms. The number of hydrogen-bond acceptors (Lipinski definition) is 2. The SMILES string of the molecule is Cc1cccc(Cc2ccc(Cl)cn2)c1C(N)=O. The lowest BCUT2D eigenvalue weighted by Gasteiger charge is -2.09. The van der Waals surface area contributed by atoms with E-state index in [1.165, 1.54) is 0 Å². The fourth-order valence-electron chi connectivity index (χ4n) is 1.93. The van der Waals surface area contributed by atoms with Crippen molar-refractivity contribution in [1.82, 2.24) is 4.98 Å². The van der Waals surface area contributed by atoms with Crippen LogP contribution in [-0.2, 0) is 6.42 Å². The van der Waals surface area contributed by atoms with Gasteiger partial charge in [-0.05, 0) is 30.2 Å². The number of amides is 1. The van der Waals surface area contributed by atoms with Crippen LogP contribution in [-0.4, -0.2) is 10.9 Å². The van der Waals surface area contributed by atoms with Gasteiger partial charge in [-0.1, -0.05) is 29.8 Å². The van der Waals surface area contributed by atoms with Gasteiger partial charge in [0.15, 0.2) is 0 Å². The molecule has 0 unspecified atom stereocenters. The van der Waals surface area contributed by atoms with Gasteiger partial charge in [0, 0.05) is 23.9 Å². The van der Waals surface area contributed by atoms with Crippen LogP contribution >= 0.6 is 11.6 Å². The Balaban J connectivity index is 2.37. The van der Waals surface area contributed by atoms with E-state index in [0.29, 0.717) is 17.0 Å². The van der Waals surface area contributed by atoms with Crippen LogP contribution in [0, 0.1) is 6.92 Å². The zero-order valence-corrected chi connectivity index (χ0v) is 10.7. The first-order valence-electron chi connectivity index (χ1n) is 5.56. The number of benzene rings is 1. The van der Waals surface area contributed by atoms with Crippen molar-refractivity contribution in [2.75, 3.05) is 0 Å². The quantitative estimate of drug-likeness (QED) is 0.923. The van der Waals surface area contributed by atoms with Crippen LogP contribution in [0.4, 0.5) is 0 Å². The molecule has 0 spiro atoms. The smallest absolute Gasteiger partial charge is 0.249 e. The van der Waals surface area contributed by atoms with E-state index in [-0.39, 0.29) is 0 Å². The summed E-state index contributed by atoms with van der Waals surface area (Å²) < 4.78 is 0. The van der Waals surface area contributed by atoms with Crippen LogP contribution in [0.5, 0.6) is 0 Å². The molecular weight excluding hydrogens is 248 g/mol. The topological polar surface area (TPSA) is 56.0 Å². The maximum absolute atomic E-state index is 11.5. The van der Waals surface area contributed by atoms with E-state index in [1.54, 1.807) is 12.3 Å². The van der Waals surface area contributed by atoms with Gasteiger partial charge in [-0.25, -0.2) is 0 Å². The second kappa shape index (κ2) is 5.19. The predicted molar refractivity (Wildman–Crippen MR) is 71.7 cm³/mol. The number of aryl methyl sites for hydroxylation is 1. The molecule has 0 saturated carbocycles. The lowest BCUT2D eigenvalue weighted by Crippen LogP contribution is -2.15. The average Bonchev–Trinajstić information content (AvgIpc) is 2.32. The van der Waals surface area contributed by atoms with Crippen molar-refractivity contribution in [3.63, 3.8) is 0 Å².